The molecule has 30 heavy (non-hydrogen) atoms. The maximum atomic E-state index is 13.9. The first-order chi connectivity index (χ1) is 14.1. The number of carbonyl (C=O) groups is 3. The number of methoxy groups -OCH3 is 1. The molecule has 1 amide bonds. The number of ether oxygens (including phenoxy) is 3. The molecule has 0 radical (unpaired) electrons. The van der Waals surface area contributed by atoms with Gasteiger partial charge in [0.2, 0.25) is 0 Å². The Bertz CT molecular complexity index is 948. The molecule has 2 rings (SSSR count). The number of aromatic nitrogens is 1. The van der Waals surface area contributed by atoms with Gasteiger partial charge in [-0.15, -0.1) is 0 Å². The Balaban J connectivity index is 2.47. The Labute approximate surface area is 172 Å². The number of hydrogen-bond acceptors (Lipinski definition) is 9. The molecule has 0 spiro atoms. The van der Waals surface area contributed by atoms with Crippen LogP contribution < -0.4 is 10.6 Å². The minimum atomic E-state index is -5.32. The summed E-state index contributed by atoms with van der Waals surface area (Å²) >= 11 is 0.728. The molecule has 13 heteroatoms. The Kier molecular flexibility index (Phi) is 7.08. The lowest BCUT2D eigenvalue weighted by atomic mass is 10.1. The number of rotatable bonds is 7. The van der Waals surface area contributed by atoms with Gasteiger partial charge in [-0.25, -0.2) is 19.4 Å². The van der Waals surface area contributed by atoms with Crippen molar-refractivity contribution in [2.75, 3.05) is 25.6 Å². The van der Waals surface area contributed by atoms with Crippen LogP contribution in [0.2, 0.25) is 0 Å². The number of carbonyl (C=O) groups excluding carboxylic acids is 3. The average Bonchev–Trinajstić information content (AvgIpc) is 3.07. The highest BCUT2D eigenvalue weighted by atomic mass is 32.1. The molecule has 1 heterocycles. The van der Waals surface area contributed by atoms with Crippen molar-refractivity contribution in [2.45, 2.75) is 25.7 Å². The number of anilines is 1. The van der Waals surface area contributed by atoms with Gasteiger partial charge < -0.3 is 19.5 Å². The Morgan fingerprint density at radius 3 is 2.37 bits per heavy atom. The SMILES string of the molecule is CCOC(=O)NC(Nc1nc2ccc(C(=O)OCC)cc2s1)(C(=O)OC)C(F)(F)F. The Hall–Kier alpha value is -3.09. The molecule has 1 unspecified atom stereocenters. The number of nitrogens with zero attached hydrogens (tertiary/aromatic N) is 1. The van der Waals surface area contributed by atoms with Crippen LogP contribution >= 0.6 is 11.3 Å². The van der Waals surface area contributed by atoms with Crippen LogP contribution in [0.25, 0.3) is 10.2 Å². The molecule has 0 fully saturated rings. The highest BCUT2D eigenvalue weighted by molar-refractivity contribution is 7.22. The first-order valence-electron chi connectivity index (χ1n) is 8.53. The maximum Gasteiger partial charge on any atom is 0.442 e. The van der Waals surface area contributed by atoms with E-state index in [1.54, 1.807) is 6.92 Å². The second kappa shape index (κ2) is 9.15. The summed E-state index contributed by atoms with van der Waals surface area (Å²) in [4.78, 5) is 39.6. The molecular weight excluding hydrogens is 431 g/mol. The van der Waals surface area contributed by atoms with E-state index in [2.05, 4.69) is 14.5 Å². The number of alkyl halides is 3. The molecular formula is C17H18F3N3O6S. The fourth-order valence-electron chi connectivity index (χ4n) is 2.34. The van der Waals surface area contributed by atoms with Crippen molar-refractivity contribution >= 4 is 44.7 Å². The van der Waals surface area contributed by atoms with E-state index in [0.29, 0.717) is 4.70 Å². The van der Waals surface area contributed by atoms with Crippen LogP contribution in [-0.4, -0.2) is 55.2 Å². The minimum Gasteiger partial charge on any atom is -0.466 e. The van der Waals surface area contributed by atoms with Gasteiger partial charge in [-0.1, -0.05) is 11.3 Å². The average molecular weight is 449 g/mol. The highest BCUT2D eigenvalue weighted by Gasteiger charge is 2.64. The van der Waals surface area contributed by atoms with Crippen LogP contribution in [0.15, 0.2) is 18.2 Å². The summed E-state index contributed by atoms with van der Waals surface area (Å²) in [5.74, 6) is -2.43. The predicted octanol–water partition coefficient (Wildman–Crippen LogP) is 3.06. The van der Waals surface area contributed by atoms with Crippen LogP contribution in [0.1, 0.15) is 24.2 Å². The van der Waals surface area contributed by atoms with Crippen LogP contribution in [0, 0.1) is 0 Å². The van der Waals surface area contributed by atoms with Gasteiger partial charge >= 0.3 is 29.9 Å². The van der Waals surface area contributed by atoms with Gasteiger partial charge in [0.25, 0.3) is 0 Å². The molecule has 0 saturated carbocycles. The van der Waals surface area contributed by atoms with E-state index in [-0.39, 0.29) is 29.4 Å². The summed E-state index contributed by atoms with van der Waals surface area (Å²) in [5, 5.41) is 3.04. The van der Waals surface area contributed by atoms with Crippen molar-refractivity contribution in [3.05, 3.63) is 23.8 Å². The molecule has 0 saturated heterocycles. The summed E-state index contributed by atoms with van der Waals surface area (Å²) in [5.41, 5.74) is -3.21. The lowest BCUT2D eigenvalue weighted by Crippen LogP contribution is -2.69. The lowest BCUT2D eigenvalue weighted by Gasteiger charge is -2.33. The van der Waals surface area contributed by atoms with Gasteiger partial charge in [0, 0.05) is 0 Å². The highest BCUT2D eigenvalue weighted by Crippen LogP contribution is 2.36. The van der Waals surface area contributed by atoms with E-state index in [9.17, 15) is 27.6 Å². The third kappa shape index (κ3) is 4.72. The molecule has 0 aliphatic carbocycles. The van der Waals surface area contributed by atoms with E-state index in [1.807, 2.05) is 5.32 Å². The Morgan fingerprint density at radius 2 is 1.80 bits per heavy atom. The van der Waals surface area contributed by atoms with E-state index in [1.165, 1.54) is 30.4 Å². The normalized spacial score (nSPS) is 13.3. The molecule has 164 valence electrons. The van der Waals surface area contributed by atoms with Crippen molar-refractivity contribution < 1.29 is 41.8 Å². The molecule has 2 N–H and O–H groups in total. The summed E-state index contributed by atoms with van der Waals surface area (Å²) in [6.45, 7) is 2.94. The monoisotopic (exact) mass is 449 g/mol. The molecule has 0 aliphatic rings. The zero-order chi connectivity index (χ0) is 22.5. The van der Waals surface area contributed by atoms with E-state index >= 15 is 0 Å². The summed E-state index contributed by atoms with van der Waals surface area (Å²) in [7, 11) is 0.737. The van der Waals surface area contributed by atoms with Gasteiger partial charge in [-0.2, -0.15) is 13.2 Å². The number of alkyl carbamates (subject to hydrolysis) is 1. The largest absolute Gasteiger partial charge is 0.466 e. The molecule has 9 nitrogen and oxygen atoms in total. The zero-order valence-electron chi connectivity index (χ0n) is 16.1. The predicted molar refractivity (Wildman–Crippen MR) is 100 cm³/mol. The molecule has 2 aromatic rings. The first kappa shape index (κ1) is 23.2. The number of nitrogens with one attached hydrogen (secondary N) is 2. The minimum absolute atomic E-state index is 0.152. The summed E-state index contributed by atoms with van der Waals surface area (Å²) in [6.07, 6.45) is -6.81. The number of esters is 2. The van der Waals surface area contributed by atoms with Crippen LogP contribution in [0.5, 0.6) is 0 Å². The van der Waals surface area contributed by atoms with Crippen LogP contribution in [0.4, 0.5) is 23.1 Å². The summed E-state index contributed by atoms with van der Waals surface area (Å²) in [6, 6.07) is 4.20. The smallest absolute Gasteiger partial charge is 0.442 e. The number of amides is 1. The number of hydrogen-bond donors (Lipinski definition) is 2. The number of thiazole rings is 1. The van der Waals surface area contributed by atoms with Crippen molar-refractivity contribution in [3.8, 4) is 0 Å². The van der Waals surface area contributed by atoms with Gasteiger partial charge in [-0.3, -0.25) is 5.32 Å². The Morgan fingerprint density at radius 1 is 1.13 bits per heavy atom. The van der Waals surface area contributed by atoms with Gasteiger partial charge in [0.15, 0.2) is 5.13 Å². The molecule has 1 atom stereocenters. The van der Waals surface area contributed by atoms with E-state index < -0.39 is 29.9 Å². The van der Waals surface area contributed by atoms with Crippen molar-refractivity contribution in [1.29, 1.82) is 0 Å². The third-order valence-electron chi connectivity index (χ3n) is 3.68. The zero-order valence-corrected chi connectivity index (χ0v) is 16.9. The van der Waals surface area contributed by atoms with Crippen molar-refractivity contribution in [1.82, 2.24) is 10.3 Å². The van der Waals surface area contributed by atoms with E-state index in [0.717, 1.165) is 18.4 Å². The number of halogens is 3. The topological polar surface area (TPSA) is 116 Å². The van der Waals surface area contributed by atoms with Gasteiger partial charge in [-0.05, 0) is 32.0 Å². The maximum absolute atomic E-state index is 13.9. The lowest BCUT2D eigenvalue weighted by molar-refractivity contribution is -0.203. The van der Waals surface area contributed by atoms with Gasteiger partial charge in [0.05, 0.1) is 36.1 Å². The van der Waals surface area contributed by atoms with Crippen LogP contribution in [-0.2, 0) is 19.0 Å². The number of fused-ring (bicyclic) bond motifs is 1. The first-order valence-corrected chi connectivity index (χ1v) is 9.35. The molecule has 1 aromatic carbocycles. The standard InChI is InChI=1S/C17H18F3N3O6S/c1-4-28-12(24)9-6-7-10-11(8-9)30-14(21-10)22-16(13(25)27-3,17(18,19)20)23-15(26)29-5-2/h6-8H,4-5H2,1-3H3,(H,21,22)(H,23,26). The fourth-order valence-corrected chi connectivity index (χ4v) is 3.30. The fraction of sp³-hybridized carbons (Fsp3) is 0.412. The molecule has 0 aliphatic heterocycles. The summed E-state index contributed by atoms with van der Waals surface area (Å²) < 4.78 is 55.7. The van der Waals surface area contributed by atoms with Crippen molar-refractivity contribution in [3.63, 3.8) is 0 Å². The quantitative estimate of drug-likeness (QED) is 0.377. The second-order valence-corrected chi connectivity index (χ2v) is 6.66. The van der Waals surface area contributed by atoms with Crippen LogP contribution in [0.3, 0.4) is 0 Å². The molecule has 0 bridgehead atoms. The molecule has 1 aromatic heterocycles. The number of benzene rings is 1. The second-order valence-electron chi connectivity index (χ2n) is 5.63. The third-order valence-corrected chi connectivity index (χ3v) is 4.61. The van der Waals surface area contributed by atoms with E-state index in [4.69, 9.17) is 4.74 Å². The van der Waals surface area contributed by atoms with Crippen molar-refractivity contribution in [2.24, 2.45) is 0 Å². The van der Waals surface area contributed by atoms with Gasteiger partial charge in [0.1, 0.15) is 0 Å².